The SMILES string of the molecule is CCC(C)(C)NC(=O)COC(=O)c1cc(N)cc(OC)c1. The van der Waals surface area contributed by atoms with Crippen molar-refractivity contribution in [2.45, 2.75) is 32.7 Å². The third-order valence-electron chi connectivity index (χ3n) is 3.10. The van der Waals surface area contributed by atoms with Gasteiger partial charge in [0.25, 0.3) is 5.91 Å². The molecule has 1 aromatic rings. The largest absolute Gasteiger partial charge is 0.497 e. The van der Waals surface area contributed by atoms with E-state index in [1.54, 1.807) is 6.07 Å². The number of hydrogen-bond donors (Lipinski definition) is 2. The van der Waals surface area contributed by atoms with Gasteiger partial charge in [-0.05, 0) is 32.4 Å². The first-order valence-electron chi connectivity index (χ1n) is 6.70. The van der Waals surface area contributed by atoms with Crippen LogP contribution in [0.4, 0.5) is 5.69 Å². The lowest BCUT2D eigenvalue weighted by molar-refractivity contribution is -0.125. The van der Waals surface area contributed by atoms with Gasteiger partial charge in [0.15, 0.2) is 6.61 Å². The molecular weight excluding hydrogens is 272 g/mol. The minimum Gasteiger partial charge on any atom is -0.497 e. The number of hydrogen-bond acceptors (Lipinski definition) is 5. The fourth-order valence-corrected chi connectivity index (χ4v) is 1.57. The average molecular weight is 294 g/mol. The Balaban J connectivity index is 2.62. The van der Waals surface area contributed by atoms with Gasteiger partial charge in [-0.15, -0.1) is 0 Å². The molecule has 0 aliphatic carbocycles. The quantitative estimate of drug-likeness (QED) is 0.616. The van der Waals surface area contributed by atoms with Gasteiger partial charge in [-0.25, -0.2) is 4.79 Å². The summed E-state index contributed by atoms with van der Waals surface area (Å²) < 4.78 is 10.00. The fraction of sp³-hybridized carbons (Fsp3) is 0.467. The van der Waals surface area contributed by atoms with E-state index in [1.807, 2.05) is 20.8 Å². The molecule has 1 rings (SSSR count). The van der Waals surface area contributed by atoms with E-state index in [0.29, 0.717) is 11.4 Å². The van der Waals surface area contributed by atoms with Crippen LogP contribution in [0.25, 0.3) is 0 Å². The molecule has 0 unspecified atom stereocenters. The number of nitrogens with two attached hydrogens (primary N) is 1. The average Bonchev–Trinajstić information content (AvgIpc) is 2.43. The molecule has 0 bridgehead atoms. The number of nitrogen functional groups attached to an aromatic ring is 1. The van der Waals surface area contributed by atoms with Gasteiger partial charge in [0.05, 0.1) is 12.7 Å². The van der Waals surface area contributed by atoms with Crippen molar-refractivity contribution in [3.63, 3.8) is 0 Å². The van der Waals surface area contributed by atoms with E-state index in [9.17, 15) is 9.59 Å². The van der Waals surface area contributed by atoms with Gasteiger partial charge >= 0.3 is 5.97 Å². The molecule has 1 amide bonds. The van der Waals surface area contributed by atoms with Crippen molar-refractivity contribution >= 4 is 17.6 Å². The lowest BCUT2D eigenvalue weighted by Gasteiger charge is -2.24. The Hall–Kier alpha value is -2.24. The third-order valence-corrected chi connectivity index (χ3v) is 3.10. The summed E-state index contributed by atoms with van der Waals surface area (Å²) in [6, 6.07) is 4.57. The molecule has 21 heavy (non-hydrogen) atoms. The molecule has 6 nitrogen and oxygen atoms in total. The molecule has 0 atom stereocenters. The van der Waals surface area contributed by atoms with E-state index < -0.39 is 5.97 Å². The summed E-state index contributed by atoms with van der Waals surface area (Å²) >= 11 is 0. The highest BCUT2D eigenvalue weighted by molar-refractivity contribution is 5.92. The van der Waals surface area contributed by atoms with Gasteiger partial charge in [0, 0.05) is 17.3 Å². The standard InChI is InChI=1S/C15H22N2O4/c1-5-15(2,3)17-13(18)9-21-14(19)10-6-11(16)8-12(7-10)20-4/h6-8H,5,9,16H2,1-4H3,(H,17,18). The highest BCUT2D eigenvalue weighted by Crippen LogP contribution is 2.19. The molecule has 0 heterocycles. The fourth-order valence-electron chi connectivity index (χ4n) is 1.57. The third kappa shape index (κ3) is 5.33. The lowest BCUT2D eigenvalue weighted by atomic mass is 10.0. The second-order valence-electron chi connectivity index (χ2n) is 5.36. The van der Waals surface area contributed by atoms with E-state index in [4.69, 9.17) is 15.2 Å². The van der Waals surface area contributed by atoms with E-state index >= 15 is 0 Å². The van der Waals surface area contributed by atoms with E-state index in [1.165, 1.54) is 19.2 Å². The number of nitrogens with one attached hydrogen (secondary N) is 1. The number of methoxy groups -OCH3 is 1. The van der Waals surface area contributed by atoms with Crippen molar-refractivity contribution in [2.24, 2.45) is 0 Å². The van der Waals surface area contributed by atoms with E-state index in [-0.39, 0.29) is 23.6 Å². The molecule has 0 aliphatic heterocycles. The molecular formula is C15H22N2O4. The predicted molar refractivity (Wildman–Crippen MR) is 80.2 cm³/mol. The number of rotatable bonds is 6. The van der Waals surface area contributed by atoms with Crippen LogP contribution in [0.2, 0.25) is 0 Å². The van der Waals surface area contributed by atoms with Crippen LogP contribution in [0.15, 0.2) is 18.2 Å². The van der Waals surface area contributed by atoms with Crippen LogP contribution in [-0.2, 0) is 9.53 Å². The lowest BCUT2D eigenvalue weighted by Crippen LogP contribution is -2.44. The van der Waals surface area contributed by atoms with Crippen LogP contribution in [0.3, 0.4) is 0 Å². The molecule has 0 aliphatic rings. The van der Waals surface area contributed by atoms with Crippen LogP contribution in [0, 0.1) is 0 Å². The number of ether oxygens (including phenoxy) is 2. The number of carbonyl (C=O) groups is 2. The summed E-state index contributed by atoms with van der Waals surface area (Å²) in [4.78, 5) is 23.6. The summed E-state index contributed by atoms with van der Waals surface area (Å²) in [5.41, 5.74) is 5.97. The van der Waals surface area contributed by atoms with Gasteiger partial charge in [-0.1, -0.05) is 6.92 Å². The van der Waals surface area contributed by atoms with E-state index in [0.717, 1.165) is 6.42 Å². The van der Waals surface area contributed by atoms with Crippen molar-refractivity contribution in [3.05, 3.63) is 23.8 Å². The molecule has 3 N–H and O–H groups in total. The van der Waals surface area contributed by atoms with Gasteiger partial charge in [-0.2, -0.15) is 0 Å². The molecule has 0 radical (unpaired) electrons. The summed E-state index contributed by atoms with van der Waals surface area (Å²) in [6.07, 6.45) is 0.777. The van der Waals surface area contributed by atoms with Crippen molar-refractivity contribution in [1.82, 2.24) is 5.32 Å². The van der Waals surface area contributed by atoms with Crippen LogP contribution in [0.5, 0.6) is 5.75 Å². The zero-order chi connectivity index (χ0) is 16.0. The second-order valence-corrected chi connectivity index (χ2v) is 5.36. The number of amides is 1. The maximum absolute atomic E-state index is 11.9. The Kier molecular flexibility index (Phi) is 5.58. The maximum Gasteiger partial charge on any atom is 0.338 e. The number of esters is 1. The van der Waals surface area contributed by atoms with Gasteiger partial charge in [0.1, 0.15) is 5.75 Å². The molecule has 6 heteroatoms. The van der Waals surface area contributed by atoms with Crippen molar-refractivity contribution in [3.8, 4) is 5.75 Å². The van der Waals surface area contributed by atoms with Crippen LogP contribution >= 0.6 is 0 Å². The zero-order valence-electron chi connectivity index (χ0n) is 12.9. The Labute approximate surface area is 124 Å². The van der Waals surface area contributed by atoms with Crippen molar-refractivity contribution in [1.29, 1.82) is 0 Å². The summed E-state index contributed by atoms with van der Waals surface area (Å²) in [7, 11) is 1.48. The molecule has 1 aromatic carbocycles. The van der Waals surface area contributed by atoms with Gasteiger partial charge < -0.3 is 20.5 Å². The van der Waals surface area contributed by atoms with Crippen LogP contribution in [0.1, 0.15) is 37.6 Å². The second kappa shape index (κ2) is 6.97. The summed E-state index contributed by atoms with van der Waals surface area (Å²) in [6.45, 7) is 5.43. The monoisotopic (exact) mass is 294 g/mol. The summed E-state index contributed by atoms with van der Waals surface area (Å²) in [5.74, 6) is -0.505. The minimum atomic E-state index is -0.620. The normalized spacial score (nSPS) is 10.9. The zero-order valence-corrected chi connectivity index (χ0v) is 12.9. The first-order chi connectivity index (χ1) is 9.77. The molecule has 0 saturated carbocycles. The molecule has 116 valence electrons. The number of anilines is 1. The van der Waals surface area contributed by atoms with Crippen molar-refractivity contribution in [2.75, 3.05) is 19.5 Å². The highest BCUT2D eigenvalue weighted by atomic mass is 16.5. The smallest absolute Gasteiger partial charge is 0.338 e. The number of benzene rings is 1. The molecule has 0 spiro atoms. The molecule has 0 fully saturated rings. The molecule has 0 aromatic heterocycles. The van der Waals surface area contributed by atoms with Crippen LogP contribution in [-0.4, -0.2) is 31.1 Å². The Morgan fingerprint density at radius 3 is 2.52 bits per heavy atom. The predicted octanol–water partition coefficient (Wildman–Crippen LogP) is 1.74. The van der Waals surface area contributed by atoms with Gasteiger partial charge in [-0.3, -0.25) is 4.79 Å². The first-order valence-corrected chi connectivity index (χ1v) is 6.70. The Morgan fingerprint density at radius 1 is 1.29 bits per heavy atom. The minimum absolute atomic E-state index is 0.245. The Morgan fingerprint density at radius 2 is 1.95 bits per heavy atom. The highest BCUT2D eigenvalue weighted by Gasteiger charge is 2.19. The Bertz CT molecular complexity index is 526. The number of carbonyl (C=O) groups excluding carboxylic acids is 2. The summed E-state index contributed by atoms with van der Waals surface area (Å²) in [5, 5.41) is 2.78. The first kappa shape index (κ1) is 16.8. The topological polar surface area (TPSA) is 90.7 Å². The van der Waals surface area contributed by atoms with Crippen molar-refractivity contribution < 1.29 is 19.1 Å². The molecule has 0 saturated heterocycles. The maximum atomic E-state index is 11.9. The van der Waals surface area contributed by atoms with Crippen LogP contribution < -0.4 is 15.8 Å². The van der Waals surface area contributed by atoms with Gasteiger partial charge in [0.2, 0.25) is 0 Å². The van der Waals surface area contributed by atoms with E-state index in [2.05, 4.69) is 5.32 Å².